The number of hydrogen-bond donors (Lipinski definition) is 1. The molecule has 13 heavy (non-hydrogen) atoms. The molecule has 0 spiro atoms. The first-order chi connectivity index (χ1) is 6.18. The van der Waals surface area contributed by atoms with E-state index in [0.29, 0.717) is 18.8 Å². The zero-order chi connectivity index (χ0) is 9.68. The van der Waals surface area contributed by atoms with E-state index in [2.05, 4.69) is 4.98 Å². The number of esters is 1. The van der Waals surface area contributed by atoms with Gasteiger partial charge in [0.2, 0.25) is 0 Å². The number of hydrogen-bond acceptors (Lipinski definition) is 4. The van der Waals surface area contributed by atoms with E-state index in [9.17, 15) is 4.79 Å². The Hall–Kier alpha value is -1.58. The zero-order valence-corrected chi connectivity index (χ0v) is 7.49. The van der Waals surface area contributed by atoms with Crippen LogP contribution in [0.2, 0.25) is 0 Å². The van der Waals surface area contributed by atoms with E-state index in [1.807, 2.05) is 12.1 Å². The molecule has 0 saturated heterocycles. The number of rotatable bonds is 3. The van der Waals surface area contributed by atoms with Gasteiger partial charge in [0.05, 0.1) is 6.61 Å². The van der Waals surface area contributed by atoms with Crippen LogP contribution in [0.1, 0.15) is 12.6 Å². The van der Waals surface area contributed by atoms with E-state index < -0.39 is 0 Å². The Morgan fingerprint density at radius 1 is 1.62 bits per heavy atom. The molecule has 0 aliphatic heterocycles. The van der Waals surface area contributed by atoms with Crippen LogP contribution in [0.3, 0.4) is 0 Å². The monoisotopic (exact) mass is 180 g/mol. The number of aromatic nitrogens is 1. The number of anilines is 1. The third-order valence-corrected chi connectivity index (χ3v) is 1.49. The van der Waals surface area contributed by atoms with E-state index >= 15 is 0 Å². The van der Waals surface area contributed by atoms with Gasteiger partial charge in [-0.1, -0.05) is 6.07 Å². The van der Waals surface area contributed by atoms with E-state index in [4.69, 9.17) is 10.5 Å². The summed E-state index contributed by atoms with van der Waals surface area (Å²) in [5.41, 5.74) is 6.31. The lowest BCUT2D eigenvalue weighted by molar-refractivity contribution is -0.140. The summed E-state index contributed by atoms with van der Waals surface area (Å²) in [4.78, 5) is 14.5. The molecule has 0 bridgehead atoms. The predicted octanol–water partition coefficient (Wildman–Crippen LogP) is 0.769. The molecule has 2 N–H and O–H groups in total. The minimum atomic E-state index is -0.274. The van der Waals surface area contributed by atoms with Gasteiger partial charge in [-0.25, -0.2) is 4.98 Å². The highest BCUT2D eigenvalue weighted by molar-refractivity contribution is 5.65. The summed E-state index contributed by atoms with van der Waals surface area (Å²) in [6.45, 7) is 1.73. The van der Waals surface area contributed by atoms with Crippen molar-refractivity contribution in [1.29, 1.82) is 0 Å². The van der Waals surface area contributed by atoms with Crippen LogP contribution in [0.5, 0.6) is 0 Å². The zero-order valence-electron chi connectivity index (χ0n) is 7.49. The molecule has 0 atom stereocenters. The summed E-state index contributed by atoms with van der Waals surface area (Å²) >= 11 is 0. The predicted molar refractivity (Wildman–Crippen MR) is 49.0 cm³/mol. The summed E-state index contributed by atoms with van der Waals surface area (Å²) in [7, 11) is 0. The summed E-state index contributed by atoms with van der Waals surface area (Å²) in [5.74, 6) is 0.212. The van der Waals surface area contributed by atoms with Gasteiger partial charge in [-0.15, -0.1) is 0 Å². The average Bonchev–Trinajstić information content (AvgIpc) is 2.03. The molecule has 0 saturated carbocycles. The van der Waals surface area contributed by atoms with Crippen LogP contribution < -0.4 is 5.73 Å². The van der Waals surface area contributed by atoms with Gasteiger partial charge in [0.15, 0.2) is 0 Å². The van der Waals surface area contributed by atoms with Crippen molar-refractivity contribution in [3.8, 4) is 0 Å². The van der Waals surface area contributed by atoms with Crippen LogP contribution in [0.15, 0.2) is 18.2 Å². The molecule has 0 aliphatic rings. The van der Waals surface area contributed by atoms with E-state index in [1.54, 1.807) is 6.07 Å². The van der Waals surface area contributed by atoms with Crippen molar-refractivity contribution >= 4 is 11.8 Å². The fourth-order valence-electron chi connectivity index (χ4n) is 0.937. The second-order valence-corrected chi connectivity index (χ2v) is 2.64. The highest BCUT2D eigenvalue weighted by Crippen LogP contribution is 2.01. The van der Waals surface area contributed by atoms with Crippen LogP contribution in [-0.4, -0.2) is 17.6 Å². The third-order valence-electron chi connectivity index (χ3n) is 1.49. The SMILES string of the molecule is CC(=O)OCCc1cccc(N)n1. The Kier molecular flexibility index (Phi) is 3.25. The molecule has 0 amide bonds. The number of pyridine rings is 1. The Labute approximate surface area is 76.7 Å². The Morgan fingerprint density at radius 2 is 2.38 bits per heavy atom. The number of carbonyl (C=O) groups is 1. The number of ether oxygens (including phenoxy) is 1. The van der Waals surface area contributed by atoms with Gasteiger partial charge < -0.3 is 10.5 Å². The lowest BCUT2D eigenvalue weighted by Crippen LogP contribution is -2.05. The molecule has 1 rings (SSSR count). The van der Waals surface area contributed by atoms with Crippen molar-refractivity contribution < 1.29 is 9.53 Å². The Bertz CT molecular complexity index is 299. The van der Waals surface area contributed by atoms with Gasteiger partial charge in [0.1, 0.15) is 5.82 Å². The van der Waals surface area contributed by atoms with E-state index in [0.717, 1.165) is 5.69 Å². The fraction of sp³-hybridized carbons (Fsp3) is 0.333. The maximum atomic E-state index is 10.4. The maximum absolute atomic E-state index is 10.4. The molecule has 4 heteroatoms. The topological polar surface area (TPSA) is 65.2 Å². The standard InChI is InChI=1S/C9H12N2O2/c1-7(12)13-6-5-8-3-2-4-9(10)11-8/h2-4H,5-6H2,1H3,(H2,10,11). The minimum Gasteiger partial charge on any atom is -0.465 e. The van der Waals surface area contributed by atoms with Crippen LogP contribution in [-0.2, 0) is 16.0 Å². The van der Waals surface area contributed by atoms with Gasteiger partial charge in [-0.2, -0.15) is 0 Å². The first-order valence-corrected chi connectivity index (χ1v) is 4.03. The van der Waals surface area contributed by atoms with E-state index in [1.165, 1.54) is 6.92 Å². The second kappa shape index (κ2) is 4.45. The summed E-state index contributed by atoms with van der Waals surface area (Å²) in [6, 6.07) is 5.39. The molecule has 0 radical (unpaired) electrons. The minimum absolute atomic E-state index is 0.274. The van der Waals surface area contributed by atoms with Gasteiger partial charge in [-0.3, -0.25) is 4.79 Å². The highest BCUT2D eigenvalue weighted by Gasteiger charge is 1.97. The van der Waals surface area contributed by atoms with Crippen molar-refractivity contribution in [3.63, 3.8) is 0 Å². The molecule has 1 aromatic heterocycles. The van der Waals surface area contributed by atoms with Crippen LogP contribution in [0, 0.1) is 0 Å². The molecule has 0 fully saturated rings. The molecule has 1 aromatic rings. The molecular weight excluding hydrogens is 168 g/mol. The van der Waals surface area contributed by atoms with Gasteiger partial charge in [-0.05, 0) is 12.1 Å². The smallest absolute Gasteiger partial charge is 0.302 e. The third kappa shape index (κ3) is 3.55. The summed E-state index contributed by atoms with van der Waals surface area (Å²) < 4.78 is 4.77. The lowest BCUT2D eigenvalue weighted by atomic mass is 10.3. The van der Waals surface area contributed by atoms with Crippen LogP contribution in [0.4, 0.5) is 5.82 Å². The first kappa shape index (κ1) is 9.51. The normalized spacial score (nSPS) is 9.62. The summed E-state index contributed by atoms with van der Waals surface area (Å²) in [5, 5.41) is 0. The molecule has 0 unspecified atom stereocenters. The van der Waals surface area contributed by atoms with Crippen molar-refractivity contribution in [3.05, 3.63) is 23.9 Å². The highest BCUT2D eigenvalue weighted by atomic mass is 16.5. The van der Waals surface area contributed by atoms with Crippen molar-refractivity contribution in [1.82, 2.24) is 4.98 Å². The van der Waals surface area contributed by atoms with Gasteiger partial charge in [0, 0.05) is 19.0 Å². The number of nitrogens with zero attached hydrogens (tertiary/aromatic N) is 1. The maximum Gasteiger partial charge on any atom is 0.302 e. The van der Waals surface area contributed by atoms with Gasteiger partial charge >= 0.3 is 5.97 Å². The van der Waals surface area contributed by atoms with Crippen molar-refractivity contribution in [2.75, 3.05) is 12.3 Å². The first-order valence-electron chi connectivity index (χ1n) is 4.03. The molecule has 70 valence electrons. The van der Waals surface area contributed by atoms with Crippen LogP contribution >= 0.6 is 0 Å². The number of nitrogen functional groups attached to an aromatic ring is 1. The Balaban J connectivity index is 2.41. The fourth-order valence-corrected chi connectivity index (χ4v) is 0.937. The Morgan fingerprint density at radius 3 is 3.00 bits per heavy atom. The van der Waals surface area contributed by atoms with E-state index in [-0.39, 0.29) is 5.97 Å². The lowest BCUT2D eigenvalue weighted by Gasteiger charge is -2.01. The number of nitrogens with two attached hydrogens (primary N) is 1. The largest absolute Gasteiger partial charge is 0.465 e. The van der Waals surface area contributed by atoms with Crippen LogP contribution in [0.25, 0.3) is 0 Å². The number of carbonyl (C=O) groups excluding carboxylic acids is 1. The molecule has 0 aromatic carbocycles. The van der Waals surface area contributed by atoms with Crippen molar-refractivity contribution in [2.45, 2.75) is 13.3 Å². The van der Waals surface area contributed by atoms with Gasteiger partial charge in [0.25, 0.3) is 0 Å². The molecule has 1 heterocycles. The second-order valence-electron chi connectivity index (χ2n) is 2.64. The van der Waals surface area contributed by atoms with Crippen molar-refractivity contribution in [2.24, 2.45) is 0 Å². The quantitative estimate of drug-likeness (QED) is 0.698. The molecule has 0 aliphatic carbocycles. The summed E-state index contributed by atoms with van der Waals surface area (Å²) in [6.07, 6.45) is 0.602. The average molecular weight is 180 g/mol. The molecular formula is C9H12N2O2. The molecule has 4 nitrogen and oxygen atoms in total.